The second kappa shape index (κ2) is 13.6. The van der Waals surface area contributed by atoms with Crippen LogP contribution in [0.5, 0.6) is 5.75 Å². The molecule has 0 unspecified atom stereocenters. The van der Waals surface area contributed by atoms with Crippen molar-refractivity contribution in [3.8, 4) is 17.1 Å². The third kappa shape index (κ3) is 6.89. The van der Waals surface area contributed by atoms with Crippen LogP contribution in [-0.2, 0) is 16.7 Å². The first kappa shape index (κ1) is 32.1. The van der Waals surface area contributed by atoms with Gasteiger partial charge in [-0.1, -0.05) is 68.8 Å². The van der Waals surface area contributed by atoms with Gasteiger partial charge in [0.25, 0.3) is 0 Å². The molecule has 0 spiro atoms. The van der Waals surface area contributed by atoms with Crippen LogP contribution in [0.2, 0.25) is 5.02 Å². The van der Waals surface area contributed by atoms with Crippen LogP contribution in [0.3, 0.4) is 0 Å². The van der Waals surface area contributed by atoms with Gasteiger partial charge < -0.3 is 14.8 Å². The maximum Gasteiger partial charge on any atom is 0.320 e. The molecule has 2 aliphatic rings. The number of amides is 2. The molecule has 2 atom stereocenters. The van der Waals surface area contributed by atoms with Gasteiger partial charge in [-0.15, -0.1) is 10.2 Å². The molecule has 1 aliphatic heterocycles. The lowest BCUT2D eigenvalue weighted by Gasteiger charge is -2.32. The van der Waals surface area contributed by atoms with Crippen molar-refractivity contribution in [3.05, 3.63) is 94.8 Å². The zero-order valence-corrected chi connectivity index (χ0v) is 28.3. The van der Waals surface area contributed by atoms with E-state index in [1.165, 1.54) is 0 Å². The summed E-state index contributed by atoms with van der Waals surface area (Å²) in [5.74, 6) is 2.04. The number of nitrogens with one attached hydrogen (secondary N) is 2. The minimum atomic E-state index is -0.257. The number of morpholine rings is 1. The first-order valence-corrected chi connectivity index (χ1v) is 16.9. The van der Waals surface area contributed by atoms with Gasteiger partial charge in [-0.05, 0) is 48.2 Å². The van der Waals surface area contributed by atoms with Crippen LogP contribution >= 0.6 is 11.6 Å². The molecule has 2 N–H and O–H groups in total. The maximum atomic E-state index is 13.5. The number of halogens is 1. The molecule has 12 heteroatoms. The molecule has 1 saturated heterocycles. The van der Waals surface area contributed by atoms with E-state index in [0.29, 0.717) is 34.6 Å². The molecule has 4 heterocycles. The molecule has 7 rings (SSSR count). The van der Waals surface area contributed by atoms with Gasteiger partial charge in [0.1, 0.15) is 17.7 Å². The Labute approximate surface area is 285 Å². The summed E-state index contributed by atoms with van der Waals surface area (Å²) in [6, 6.07) is 21.1. The minimum Gasteiger partial charge on any atom is -0.484 e. The number of carbonyl (C=O) groups excluding carboxylic acids is 1. The molecule has 48 heavy (non-hydrogen) atoms. The standard InChI is InChI=1S/C36H41ClN8O3/c1-36(2,3)31-22-33(45(42-31)17-16-43-18-20-47-21-19-43)39-35(46)38-29-13-14-30(26-9-5-4-8-25(26)29)48-24-12-15-32-40-41-34(44(32)23-24)27-10-6-7-11-28(27)37/h4-12,15,22-23,29-30H,13-14,16-21H2,1-3H3,(H2,38,39,46)/t29-,30+/m0/s1. The lowest BCUT2D eigenvalue weighted by Crippen LogP contribution is -2.39. The van der Waals surface area contributed by atoms with Crippen LogP contribution in [0.1, 0.15) is 62.6 Å². The van der Waals surface area contributed by atoms with E-state index in [2.05, 4.69) is 58.6 Å². The van der Waals surface area contributed by atoms with Crippen molar-refractivity contribution in [3.63, 3.8) is 0 Å². The molecule has 2 amide bonds. The van der Waals surface area contributed by atoms with E-state index in [1.54, 1.807) is 0 Å². The number of fused-ring (bicyclic) bond motifs is 2. The van der Waals surface area contributed by atoms with E-state index in [-0.39, 0.29) is 23.6 Å². The van der Waals surface area contributed by atoms with Crippen molar-refractivity contribution >= 4 is 29.1 Å². The Morgan fingerprint density at radius 2 is 1.75 bits per heavy atom. The van der Waals surface area contributed by atoms with Gasteiger partial charge in [0.05, 0.1) is 42.7 Å². The average molecular weight is 669 g/mol. The molecule has 1 fully saturated rings. The number of ether oxygens (including phenoxy) is 2. The van der Waals surface area contributed by atoms with E-state index in [1.807, 2.05) is 69.9 Å². The van der Waals surface area contributed by atoms with Crippen LogP contribution < -0.4 is 15.4 Å². The molecule has 0 radical (unpaired) electrons. The Hall–Kier alpha value is -4.45. The largest absolute Gasteiger partial charge is 0.484 e. The fourth-order valence-corrected chi connectivity index (χ4v) is 6.60. The van der Waals surface area contributed by atoms with E-state index in [4.69, 9.17) is 26.2 Å². The normalized spacial score (nSPS) is 18.4. The van der Waals surface area contributed by atoms with Gasteiger partial charge in [0, 0.05) is 36.7 Å². The Morgan fingerprint density at radius 1 is 0.979 bits per heavy atom. The van der Waals surface area contributed by atoms with Gasteiger partial charge in [-0.3, -0.25) is 14.6 Å². The molecule has 2 aromatic carbocycles. The van der Waals surface area contributed by atoms with Crippen LogP contribution in [-0.4, -0.2) is 68.2 Å². The number of pyridine rings is 1. The Balaban J connectivity index is 1.06. The lowest BCUT2D eigenvalue weighted by molar-refractivity contribution is 0.0360. The highest BCUT2D eigenvalue weighted by molar-refractivity contribution is 6.33. The summed E-state index contributed by atoms with van der Waals surface area (Å²) in [7, 11) is 0. The van der Waals surface area contributed by atoms with Gasteiger partial charge in [0.2, 0.25) is 0 Å². The van der Waals surface area contributed by atoms with Crippen molar-refractivity contribution in [2.45, 2.75) is 57.7 Å². The quantitative estimate of drug-likeness (QED) is 0.190. The highest BCUT2D eigenvalue weighted by atomic mass is 35.5. The minimum absolute atomic E-state index is 0.149. The number of rotatable bonds is 8. The lowest BCUT2D eigenvalue weighted by atomic mass is 9.85. The van der Waals surface area contributed by atoms with Gasteiger partial charge in [-0.25, -0.2) is 9.48 Å². The van der Waals surface area contributed by atoms with Gasteiger partial charge in [0.15, 0.2) is 11.5 Å². The molecular formula is C36H41ClN8O3. The van der Waals surface area contributed by atoms with E-state index >= 15 is 0 Å². The second-order valence-electron chi connectivity index (χ2n) is 13.4. The highest BCUT2D eigenvalue weighted by Gasteiger charge is 2.30. The van der Waals surface area contributed by atoms with Crippen molar-refractivity contribution in [2.24, 2.45) is 0 Å². The Morgan fingerprint density at radius 3 is 2.54 bits per heavy atom. The molecule has 250 valence electrons. The van der Waals surface area contributed by atoms with Crippen molar-refractivity contribution in [2.75, 3.05) is 38.2 Å². The molecular weight excluding hydrogens is 628 g/mol. The predicted octanol–water partition coefficient (Wildman–Crippen LogP) is 6.65. The summed E-state index contributed by atoms with van der Waals surface area (Å²) in [5.41, 5.74) is 4.38. The number of benzene rings is 2. The first-order valence-electron chi connectivity index (χ1n) is 16.5. The topological polar surface area (TPSA) is 111 Å². The number of hydrogen-bond acceptors (Lipinski definition) is 7. The Bertz CT molecular complexity index is 1910. The van der Waals surface area contributed by atoms with Gasteiger partial charge >= 0.3 is 6.03 Å². The molecule has 5 aromatic rings. The second-order valence-corrected chi connectivity index (χ2v) is 13.8. The number of urea groups is 1. The fourth-order valence-electron chi connectivity index (χ4n) is 6.38. The predicted molar refractivity (Wildman–Crippen MR) is 186 cm³/mol. The summed E-state index contributed by atoms with van der Waals surface area (Å²) >= 11 is 6.48. The smallest absolute Gasteiger partial charge is 0.320 e. The number of carbonyl (C=O) groups is 1. The van der Waals surface area contributed by atoms with E-state index in [9.17, 15) is 4.79 Å². The number of aromatic nitrogens is 5. The fraction of sp³-hybridized carbons (Fsp3) is 0.389. The molecule has 0 saturated carbocycles. The SMILES string of the molecule is CC(C)(C)c1cc(NC(=O)N[C@H]2CC[C@@H](Oc3ccc4nnc(-c5ccccc5Cl)n4c3)c3ccccc32)n(CCN2CCOCC2)n1. The van der Waals surface area contributed by atoms with Gasteiger partial charge in [-0.2, -0.15) is 5.10 Å². The molecule has 0 bridgehead atoms. The molecule has 3 aromatic heterocycles. The maximum absolute atomic E-state index is 13.5. The summed E-state index contributed by atoms with van der Waals surface area (Å²) in [5, 5.41) is 20.5. The third-order valence-corrected chi connectivity index (χ3v) is 9.36. The monoisotopic (exact) mass is 668 g/mol. The average Bonchev–Trinajstić information content (AvgIpc) is 3.69. The zero-order chi connectivity index (χ0) is 33.3. The molecule has 11 nitrogen and oxygen atoms in total. The van der Waals surface area contributed by atoms with Crippen molar-refractivity contribution < 1.29 is 14.3 Å². The summed E-state index contributed by atoms with van der Waals surface area (Å²) < 4.78 is 15.9. The van der Waals surface area contributed by atoms with Crippen molar-refractivity contribution in [1.29, 1.82) is 0 Å². The van der Waals surface area contributed by atoms with Crippen LogP contribution in [0.25, 0.3) is 17.0 Å². The van der Waals surface area contributed by atoms with Crippen LogP contribution in [0.15, 0.2) is 72.9 Å². The highest BCUT2D eigenvalue weighted by Crippen LogP contribution is 2.39. The summed E-state index contributed by atoms with van der Waals surface area (Å²) in [6.07, 6.45) is 3.17. The Kier molecular flexibility index (Phi) is 9.09. The van der Waals surface area contributed by atoms with E-state index in [0.717, 1.165) is 68.1 Å². The third-order valence-electron chi connectivity index (χ3n) is 9.03. The molecule has 1 aliphatic carbocycles. The zero-order valence-electron chi connectivity index (χ0n) is 27.5. The van der Waals surface area contributed by atoms with Crippen LogP contribution in [0, 0.1) is 0 Å². The number of anilines is 1. The number of hydrogen-bond donors (Lipinski definition) is 2. The summed E-state index contributed by atoms with van der Waals surface area (Å²) in [6.45, 7) is 11.2. The first-order chi connectivity index (χ1) is 23.2. The van der Waals surface area contributed by atoms with E-state index < -0.39 is 0 Å². The van der Waals surface area contributed by atoms with Crippen LogP contribution in [0.4, 0.5) is 10.6 Å². The van der Waals surface area contributed by atoms with Crippen molar-refractivity contribution in [1.82, 2.24) is 34.6 Å². The summed E-state index contributed by atoms with van der Waals surface area (Å²) in [4.78, 5) is 15.9. The number of nitrogens with zero attached hydrogens (tertiary/aromatic N) is 6.